The Labute approximate surface area is 157 Å². The number of hydrogen-bond acceptors (Lipinski definition) is 4. The lowest BCUT2D eigenvalue weighted by Crippen LogP contribution is -2.00. The predicted molar refractivity (Wildman–Crippen MR) is 105 cm³/mol. The molecule has 0 spiro atoms. The maximum atomic E-state index is 11.2. The van der Waals surface area contributed by atoms with E-state index in [-0.39, 0.29) is 11.6 Å². The number of nitrogens with zero attached hydrogens (tertiary/aromatic N) is 2. The van der Waals surface area contributed by atoms with Gasteiger partial charge in [-0.15, -0.1) is 4.91 Å². The number of rotatable bonds is 8. The number of nitroso groups, excluding NO2 is 1. The zero-order valence-corrected chi connectivity index (χ0v) is 15.4. The van der Waals surface area contributed by atoms with Crippen LogP contribution in [0.15, 0.2) is 47.6 Å². The highest BCUT2D eigenvalue weighted by molar-refractivity contribution is 6.36. The van der Waals surface area contributed by atoms with Gasteiger partial charge in [0.05, 0.1) is 29.1 Å². The summed E-state index contributed by atoms with van der Waals surface area (Å²) in [6.45, 7) is 3.27. The van der Waals surface area contributed by atoms with Gasteiger partial charge in [0, 0.05) is 0 Å². The zero-order valence-electron chi connectivity index (χ0n) is 14.6. The first-order chi connectivity index (χ1) is 12.7. The third-order valence-corrected chi connectivity index (χ3v) is 4.67. The normalized spacial score (nSPS) is 11.0. The molecule has 5 nitrogen and oxygen atoms in total. The molecule has 0 aliphatic rings. The molecule has 0 aliphatic heterocycles. The van der Waals surface area contributed by atoms with Crippen LogP contribution in [0.2, 0.25) is 5.02 Å². The van der Waals surface area contributed by atoms with Crippen molar-refractivity contribution in [3.05, 3.63) is 58.0 Å². The summed E-state index contributed by atoms with van der Waals surface area (Å²) >= 11 is 6.18. The zero-order chi connectivity index (χ0) is 18.5. The van der Waals surface area contributed by atoms with Crippen molar-refractivity contribution in [1.82, 2.24) is 4.57 Å². The Kier molecular flexibility index (Phi) is 5.78. The molecule has 6 heteroatoms. The number of aromatic nitrogens is 1. The molecule has 0 radical (unpaired) electrons. The summed E-state index contributed by atoms with van der Waals surface area (Å²) in [4.78, 5) is 11.2. The van der Waals surface area contributed by atoms with Crippen LogP contribution in [-0.4, -0.2) is 16.3 Å². The summed E-state index contributed by atoms with van der Waals surface area (Å²) < 4.78 is 7.35. The van der Waals surface area contributed by atoms with E-state index in [1.807, 2.05) is 24.3 Å². The van der Waals surface area contributed by atoms with Crippen molar-refractivity contribution in [3.8, 4) is 11.6 Å². The Balaban J connectivity index is 1.82. The van der Waals surface area contributed by atoms with Gasteiger partial charge in [0.25, 0.3) is 0 Å². The van der Waals surface area contributed by atoms with E-state index in [4.69, 9.17) is 16.3 Å². The van der Waals surface area contributed by atoms with Crippen LogP contribution in [0, 0.1) is 4.91 Å². The van der Waals surface area contributed by atoms with Gasteiger partial charge in [0.15, 0.2) is 5.69 Å². The van der Waals surface area contributed by atoms with E-state index in [9.17, 15) is 10.0 Å². The van der Waals surface area contributed by atoms with Crippen LogP contribution in [0.4, 0.5) is 5.69 Å². The molecular weight excluding hydrogens is 352 g/mol. The van der Waals surface area contributed by atoms with E-state index in [0.717, 1.165) is 30.6 Å². The fraction of sp³-hybridized carbons (Fsp3) is 0.300. The van der Waals surface area contributed by atoms with Gasteiger partial charge < -0.3 is 14.4 Å². The highest BCUT2D eigenvalue weighted by atomic mass is 35.5. The smallest absolute Gasteiger partial charge is 0.222 e. The van der Waals surface area contributed by atoms with Crippen molar-refractivity contribution in [3.63, 3.8) is 0 Å². The number of halogens is 1. The number of fused-ring (bicyclic) bond motifs is 1. The summed E-state index contributed by atoms with van der Waals surface area (Å²) in [5.41, 5.74) is 1.61. The van der Waals surface area contributed by atoms with Gasteiger partial charge in [-0.25, -0.2) is 0 Å². The predicted octanol–water partition coefficient (Wildman–Crippen LogP) is 6.02. The van der Waals surface area contributed by atoms with Gasteiger partial charge in [0.1, 0.15) is 5.75 Å². The first kappa shape index (κ1) is 18.3. The first-order valence-electron chi connectivity index (χ1n) is 8.70. The fourth-order valence-corrected chi connectivity index (χ4v) is 3.25. The van der Waals surface area contributed by atoms with Gasteiger partial charge in [-0.1, -0.05) is 49.6 Å². The largest absolute Gasteiger partial charge is 0.494 e. The van der Waals surface area contributed by atoms with Crippen LogP contribution in [0.1, 0.15) is 31.7 Å². The van der Waals surface area contributed by atoms with E-state index in [0.29, 0.717) is 29.1 Å². The lowest BCUT2D eigenvalue weighted by Gasteiger charge is -2.09. The van der Waals surface area contributed by atoms with Crippen LogP contribution in [-0.2, 0) is 6.54 Å². The lowest BCUT2D eigenvalue weighted by atomic mass is 10.2. The maximum Gasteiger partial charge on any atom is 0.222 e. The molecule has 0 atom stereocenters. The average Bonchev–Trinajstić information content (AvgIpc) is 2.93. The number of benzene rings is 2. The summed E-state index contributed by atoms with van der Waals surface area (Å²) in [6.07, 6.45) is 3.37. The summed E-state index contributed by atoms with van der Waals surface area (Å²) in [7, 11) is 0. The molecule has 0 bridgehead atoms. The van der Waals surface area contributed by atoms with Crippen molar-refractivity contribution < 1.29 is 9.84 Å². The first-order valence-corrected chi connectivity index (χ1v) is 9.08. The molecule has 0 unspecified atom stereocenters. The summed E-state index contributed by atoms with van der Waals surface area (Å²) in [6, 6.07) is 13.0. The van der Waals surface area contributed by atoms with E-state index in [1.165, 1.54) is 0 Å². The molecule has 0 aliphatic carbocycles. The van der Waals surface area contributed by atoms with Crippen LogP contribution in [0.25, 0.3) is 10.9 Å². The van der Waals surface area contributed by atoms with Crippen LogP contribution in [0.5, 0.6) is 11.6 Å². The van der Waals surface area contributed by atoms with Gasteiger partial charge in [-0.2, -0.15) is 0 Å². The standard InChI is InChI=1S/C20H21ClN2O3/c1-2-3-4-12-26-15-10-8-14(9-11-15)13-23-17-7-5-6-16(21)18(17)19(22-25)20(23)24/h5-11,24H,2-4,12-13H2,1H3. The van der Waals surface area contributed by atoms with Crippen LogP contribution in [0.3, 0.4) is 0 Å². The second-order valence-electron chi connectivity index (χ2n) is 6.18. The molecule has 26 heavy (non-hydrogen) atoms. The Morgan fingerprint density at radius 1 is 1.15 bits per heavy atom. The number of aromatic hydroxyl groups is 1. The third-order valence-electron chi connectivity index (χ3n) is 4.36. The van der Waals surface area contributed by atoms with E-state index >= 15 is 0 Å². The van der Waals surface area contributed by atoms with Crippen LogP contribution < -0.4 is 4.74 Å². The molecule has 1 heterocycles. The minimum absolute atomic E-state index is 0.0264. The molecule has 1 aromatic heterocycles. The quantitative estimate of drug-likeness (QED) is 0.388. The lowest BCUT2D eigenvalue weighted by molar-refractivity contribution is 0.306. The highest BCUT2D eigenvalue weighted by Gasteiger charge is 2.19. The summed E-state index contributed by atoms with van der Waals surface area (Å²) in [5.74, 6) is 0.646. The Morgan fingerprint density at radius 3 is 2.62 bits per heavy atom. The number of ether oxygens (including phenoxy) is 1. The SMILES string of the molecule is CCCCCOc1ccc(Cn2c(O)c(N=O)c3c(Cl)cccc32)cc1. The minimum atomic E-state index is -0.178. The van der Waals surface area contributed by atoms with E-state index in [2.05, 4.69) is 12.1 Å². The Bertz CT molecular complexity index is 904. The topological polar surface area (TPSA) is 63.8 Å². The van der Waals surface area contributed by atoms with Crippen molar-refractivity contribution in [1.29, 1.82) is 0 Å². The van der Waals surface area contributed by atoms with Crippen LogP contribution >= 0.6 is 11.6 Å². The Morgan fingerprint density at radius 2 is 1.92 bits per heavy atom. The van der Waals surface area contributed by atoms with Gasteiger partial charge in [-0.3, -0.25) is 0 Å². The molecule has 3 aromatic rings. The van der Waals surface area contributed by atoms with Crippen molar-refractivity contribution in [2.24, 2.45) is 5.18 Å². The molecule has 2 aromatic carbocycles. The van der Waals surface area contributed by atoms with E-state index in [1.54, 1.807) is 22.8 Å². The molecule has 0 fully saturated rings. The molecule has 136 valence electrons. The second-order valence-corrected chi connectivity index (χ2v) is 6.59. The Hall–Kier alpha value is -2.53. The second kappa shape index (κ2) is 8.23. The third kappa shape index (κ3) is 3.68. The monoisotopic (exact) mass is 372 g/mol. The minimum Gasteiger partial charge on any atom is -0.494 e. The summed E-state index contributed by atoms with van der Waals surface area (Å²) in [5, 5.41) is 14.2. The van der Waals surface area contributed by atoms with Crippen molar-refractivity contribution in [2.75, 3.05) is 6.61 Å². The molecular formula is C20H21ClN2O3. The maximum absolute atomic E-state index is 11.2. The number of hydrogen-bond donors (Lipinski definition) is 1. The van der Waals surface area contributed by atoms with Gasteiger partial charge in [-0.05, 0) is 41.4 Å². The molecule has 0 saturated heterocycles. The highest BCUT2D eigenvalue weighted by Crippen LogP contribution is 2.42. The molecule has 0 saturated carbocycles. The average molecular weight is 373 g/mol. The fourth-order valence-electron chi connectivity index (χ4n) is 2.99. The van der Waals surface area contributed by atoms with Crippen molar-refractivity contribution >= 4 is 28.2 Å². The number of unbranched alkanes of at least 4 members (excludes halogenated alkanes) is 2. The van der Waals surface area contributed by atoms with Gasteiger partial charge in [0.2, 0.25) is 5.88 Å². The van der Waals surface area contributed by atoms with E-state index < -0.39 is 0 Å². The molecule has 0 amide bonds. The van der Waals surface area contributed by atoms with Gasteiger partial charge >= 0.3 is 0 Å². The molecule has 1 N–H and O–H groups in total. The molecule has 3 rings (SSSR count). The van der Waals surface area contributed by atoms with Crippen molar-refractivity contribution in [2.45, 2.75) is 32.7 Å².